The van der Waals surface area contributed by atoms with E-state index in [1.165, 1.54) is 6.20 Å². The van der Waals surface area contributed by atoms with Crippen LogP contribution in [-0.4, -0.2) is 28.5 Å². The topological polar surface area (TPSA) is 105 Å². The van der Waals surface area contributed by atoms with E-state index in [4.69, 9.17) is 10.8 Å². The number of hydrogen-bond acceptors (Lipinski definition) is 4. The molecular weight excluding hydrogens is 234 g/mol. The Kier molecular flexibility index (Phi) is 5.10. The number of anilines is 1. The molecule has 0 bridgehead atoms. The fourth-order valence-electron chi connectivity index (χ4n) is 1.42. The van der Waals surface area contributed by atoms with Crippen LogP contribution in [0.1, 0.15) is 30.3 Å². The van der Waals surface area contributed by atoms with E-state index in [1.807, 2.05) is 0 Å². The van der Waals surface area contributed by atoms with Gasteiger partial charge in [0.25, 0.3) is 5.91 Å². The number of nitrogens with one attached hydrogen (secondary N) is 1. The molecule has 0 aromatic carbocycles. The number of pyridine rings is 1. The van der Waals surface area contributed by atoms with Crippen molar-refractivity contribution in [3.63, 3.8) is 0 Å². The quantitative estimate of drug-likeness (QED) is 0.651. The largest absolute Gasteiger partial charge is 0.481 e. The Morgan fingerprint density at radius 2 is 2.28 bits per heavy atom. The summed E-state index contributed by atoms with van der Waals surface area (Å²) < 4.78 is 0. The summed E-state index contributed by atoms with van der Waals surface area (Å²) in [6, 6.07) is 3.26. The van der Waals surface area contributed by atoms with Gasteiger partial charge in [-0.25, -0.2) is 4.98 Å². The first-order valence-electron chi connectivity index (χ1n) is 5.74. The van der Waals surface area contributed by atoms with Crippen molar-refractivity contribution in [3.8, 4) is 0 Å². The lowest BCUT2D eigenvalue weighted by atomic mass is 10.1. The molecule has 4 N–H and O–H groups in total. The third-order valence-electron chi connectivity index (χ3n) is 2.58. The zero-order chi connectivity index (χ0) is 13.5. The predicted octanol–water partition coefficient (Wildman–Crippen LogP) is 0.895. The molecule has 0 aliphatic heterocycles. The molecule has 1 unspecified atom stereocenters. The average Bonchev–Trinajstić information content (AvgIpc) is 2.34. The number of nitrogens with two attached hydrogens (primary N) is 1. The molecule has 0 fully saturated rings. The minimum absolute atomic E-state index is 0.198. The summed E-state index contributed by atoms with van der Waals surface area (Å²) >= 11 is 0. The predicted molar refractivity (Wildman–Crippen MR) is 67.0 cm³/mol. The number of carboxylic acids is 1. The van der Waals surface area contributed by atoms with Gasteiger partial charge in [0.1, 0.15) is 0 Å². The number of hydrogen-bond donors (Lipinski definition) is 3. The van der Waals surface area contributed by atoms with Crippen LogP contribution in [0, 0.1) is 5.92 Å². The molecule has 1 amide bonds. The first-order chi connectivity index (χ1) is 8.52. The fraction of sp³-hybridized carbons (Fsp3) is 0.417. The number of rotatable bonds is 6. The van der Waals surface area contributed by atoms with E-state index in [9.17, 15) is 9.59 Å². The van der Waals surface area contributed by atoms with Crippen LogP contribution in [0.4, 0.5) is 5.69 Å². The summed E-state index contributed by atoms with van der Waals surface area (Å²) in [7, 11) is 0. The number of amides is 1. The van der Waals surface area contributed by atoms with E-state index in [-0.39, 0.29) is 11.6 Å². The molecule has 1 aromatic rings. The Labute approximate surface area is 105 Å². The molecule has 0 radical (unpaired) electrons. The van der Waals surface area contributed by atoms with E-state index in [0.29, 0.717) is 25.1 Å². The minimum atomic E-state index is -0.824. The Morgan fingerprint density at radius 3 is 2.89 bits per heavy atom. The van der Waals surface area contributed by atoms with E-state index < -0.39 is 11.9 Å². The van der Waals surface area contributed by atoms with E-state index in [0.717, 1.165) is 0 Å². The molecule has 0 saturated heterocycles. The molecule has 1 atom stereocenters. The molecule has 0 aliphatic rings. The van der Waals surface area contributed by atoms with E-state index in [1.54, 1.807) is 19.1 Å². The molecule has 1 rings (SSSR count). The van der Waals surface area contributed by atoms with Gasteiger partial charge >= 0.3 is 5.97 Å². The van der Waals surface area contributed by atoms with Crippen LogP contribution in [0.3, 0.4) is 0 Å². The second-order valence-corrected chi connectivity index (χ2v) is 4.08. The lowest BCUT2D eigenvalue weighted by Crippen LogP contribution is -2.26. The van der Waals surface area contributed by atoms with Crippen molar-refractivity contribution in [1.82, 2.24) is 10.3 Å². The number of aromatic nitrogens is 1. The summed E-state index contributed by atoms with van der Waals surface area (Å²) in [6.07, 6.45) is 2.62. The maximum absolute atomic E-state index is 11.7. The summed E-state index contributed by atoms with van der Waals surface area (Å²) in [5.41, 5.74) is 6.14. The van der Waals surface area contributed by atoms with Gasteiger partial charge < -0.3 is 16.2 Å². The maximum atomic E-state index is 11.7. The van der Waals surface area contributed by atoms with Crippen molar-refractivity contribution in [2.75, 3.05) is 12.3 Å². The summed E-state index contributed by atoms with van der Waals surface area (Å²) in [6.45, 7) is 2.05. The van der Waals surface area contributed by atoms with Gasteiger partial charge in [-0.05, 0) is 25.0 Å². The standard InChI is InChI=1S/C12H17N3O3/c1-8(12(17)18)4-2-7-15-11(16)10-9(13)5-3-6-14-10/h3,5-6,8H,2,4,7,13H2,1H3,(H,15,16)(H,17,18). The van der Waals surface area contributed by atoms with Crippen LogP contribution in [0.15, 0.2) is 18.3 Å². The third kappa shape index (κ3) is 4.04. The number of carboxylic acid groups (broad SMARTS) is 1. The maximum Gasteiger partial charge on any atom is 0.306 e. The SMILES string of the molecule is CC(CCCNC(=O)c1ncccc1N)C(=O)O. The zero-order valence-corrected chi connectivity index (χ0v) is 10.2. The monoisotopic (exact) mass is 251 g/mol. The minimum Gasteiger partial charge on any atom is -0.481 e. The van der Waals surface area contributed by atoms with Crippen LogP contribution >= 0.6 is 0 Å². The van der Waals surface area contributed by atoms with Crippen LogP contribution in [0.2, 0.25) is 0 Å². The normalized spacial score (nSPS) is 11.8. The van der Waals surface area contributed by atoms with Gasteiger partial charge in [0.05, 0.1) is 11.6 Å². The Balaban J connectivity index is 2.34. The number of carbonyl (C=O) groups is 2. The Hall–Kier alpha value is -2.11. The van der Waals surface area contributed by atoms with Gasteiger partial charge in [-0.1, -0.05) is 6.92 Å². The molecule has 1 aromatic heterocycles. The van der Waals surface area contributed by atoms with Gasteiger partial charge in [-0.2, -0.15) is 0 Å². The second-order valence-electron chi connectivity index (χ2n) is 4.08. The van der Waals surface area contributed by atoms with Crippen LogP contribution in [0.5, 0.6) is 0 Å². The van der Waals surface area contributed by atoms with Gasteiger partial charge in [0.2, 0.25) is 0 Å². The highest BCUT2D eigenvalue weighted by Crippen LogP contribution is 2.07. The molecule has 6 nitrogen and oxygen atoms in total. The van der Waals surface area contributed by atoms with Crippen LogP contribution < -0.4 is 11.1 Å². The van der Waals surface area contributed by atoms with E-state index >= 15 is 0 Å². The molecule has 18 heavy (non-hydrogen) atoms. The van der Waals surface area contributed by atoms with Gasteiger partial charge in [-0.15, -0.1) is 0 Å². The molecule has 6 heteroatoms. The highest BCUT2D eigenvalue weighted by Gasteiger charge is 2.12. The van der Waals surface area contributed by atoms with Crippen LogP contribution in [0.25, 0.3) is 0 Å². The highest BCUT2D eigenvalue weighted by molar-refractivity contribution is 5.96. The molecular formula is C12H17N3O3. The van der Waals surface area contributed by atoms with Crippen molar-refractivity contribution in [1.29, 1.82) is 0 Å². The number of aliphatic carboxylic acids is 1. The number of nitrogen functional groups attached to an aromatic ring is 1. The first kappa shape index (κ1) is 14.0. The first-order valence-corrected chi connectivity index (χ1v) is 5.74. The average molecular weight is 251 g/mol. The lowest BCUT2D eigenvalue weighted by molar-refractivity contribution is -0.141. The Bertz CT molecular complexity index is 434. The molecule has 0 saturated carbocycles. The summed E-state index contributed by atoms with van der Waals surface area (Å²) in [5, 5.41) is 11.4. The fourth-order valence-corrected chi connectivity index (χ4v) is 1.42. The van der Waals surface area contributed by atoms with Crippen molar-refractivity contribution in [2.24, 2.45) is 5.92 Å². The van der Waals surface area contributed by atoms with Gasteiger partial charge in [-0.3, -0.25) is 9.59 Å². The molecule has 1 heterocycles. The molecule has 0 spiro atoms. The number of nitrogens with zero attached hydrogens (tertiary/aromatic N) is 1. The lowest BCUT2D eigenvalue weighted by Gasteiger charge is -2.08. The third-order valence-corrected chi connectivity index (χ3v) is 2.58. The van der Waals surface area contributed by atoms with Crippen molar-refractivity contribution < 1.29 is 14.7 Å². The van der Waals surface area contributed by atoms with Gasteiger partial charge in [0, 0.05) is 12.7 Å². The smallest absolute Gasteiger partial charge is 0.306 e. The van der Waals surface area contributed by atoms with Gasteiger partial charge in [0.15, 0.2) is 5.69 Å². The van der Waals surface area contributed by atoms with Crippen molar-refractivity contribution in [2.45, 2.75) is 19.8 Å². The Morgan fingerprint density at radius 1 is 1.56 bits per heavy atom. The summed E-state index contributed by atoms with van der Waals surface area (Å²) in [5.74, 6) is -1.56. The zero-order valence-electron chi connectivity index (χ0n) is 10.2. The molecule has 0 aliphatic carbocycles. The highest BCUT2D eigenvalue weighted by atomic mass is 16.4. The van der Waals surface area contributed by atoms with Crippen molar-refractivity contribution in [3.05, 3.63) is 24.0 Å². The van der Waals surface area contributed by atoms with Crippen molar-refractivity contribution >= 4 is 17.6 Å². The van der Waals surface area contributed by atoms with E-state index in [2.05, 4.69) is 10.3 Å². The number of carbonyl (C=O) groups excluding carboxylic acids is 1. The van der Waals surface area contributed by atoms with Crippen LogP contribution in [-0.2, 0) is 4.79 Å². The summed E-state index contributed by atoms with van der Waals surface area (Å²) in [4.78, 5) is 26.1. The molecule has 98 valence electrons. The second kappa shape index (κ2) is 6.58.